The van der Waals surface area contributed by atoms with Crippen molar-refractivity contribution in [2.75, 3.05) is 170 Å². The lowest BCUT2D eigenvalue weighted by Gasteiger charge is -2.24. The third-order valence-electron chi connectivity index (χ3n) is 28.5. The van der Waals surface area contributed by atoms with Crippen molar-refractivity contribution in [1.82, 2.24) is 0 Å². The summed E-state index contributed by atoms with van der Waals surface area (Å²) in [5.41, 5.74) is 45.1. The molecule has 760 valence electrons. The van der Waals surface area contributed by atoms with E-state index in [1.807, 2.05) is 0 Å². The molecule has 0 saturated carbocycles. The third kappa shape index (κ3) is 26.3. The van der Waals surface area contributed by atoms with E-state index in [4.69, 9.17) is 0 Å². The van der Waals surface area contributed by atoms with Gasteiger partial charge in [0.25, 0.3) is 0 Å². The third-order valence-corrected chi connectivity index (χ3v) is 28.5. The van der Waals surface area contributed by atoms with Crippen LogP contribution in [0.1, 0.15) is 242 Å². The fourth-order valence-electron chi connectivity index (χ4n) is 20.8. The maximum absolute atomic E-state index is 3.54. The highest BCUT2D eigenvalue weighted by Gasteiger charge is 2.29. The van der Waals surface area contributed by atoms with E-state index in [9.17, 15) is 0 Å². The topological polar surface area (TPSA) is 81.8 Å². The predicted molar refractivity (Wildman–Crippen MR) is 642 cm³/mol. The summed E-state index contributed by atoms with van der Waals surface area (Å²) >= 11 is 0. The summed E-state index contributed by atoms with van der Waals surface area (Å²) in [4.78, 5) is 33.3. The first-order valence-corrected chi connectivity index (χ1v) is 53.9. The van der Waals surface area contributed by atoms with Crippen molar-refractivity contribution in [1.29, 1.82) is 0 Å². The van der Waals surface area contributed by atoms with E-state index < -0.39 is 0 Å². The number of anilines is 8. The molecule has 0 spiro atoms. The maximum Gasteiger partial charge on any atom is 0.206 e. The second-order valence-electron chi connectivity index (χ2n) is 36.2. The average molecular weight is 1950 g/mol. The smallest absolute Gasteiger partial charge is 0.206 e. The molecule has 12 nitrogen and oxygen atoms in total. The molecule has 0 saturated heterocycles. The minimum Gasteiger partial charge on any atom is -0.372 e. The van der Waals surface area contributed by atoms with Gasteiger partial charge in [-0.1, -0.05) is 185 Å². The number of benzene rings is 12. The number of allylic oxidation sites excluding steroid dienone is 12. The molecule has 146 heavy (non-hydrogen) atoms. The Labute approximate surface area is 879 Å². The normalized spacial score (nSPS) is 13.4. The first-order chi connectivity index (χ1) is 70.6. The number of fused-ring (bicyclic) bond motifs is 4. The van der Waals surface area contributed by atoms with Crippen molar-refractivity contribution in [2.24, 2.45) is 0 Å². The summed E-state index contributed by atoms with van der Waals surface area (Å²) in [6.45, 7) is 63.8. The lowest BCUT2D eigenvalue weighted by molar-refractivity contribution is -0.451. The molecule has 12 aromatic rings. The largest absolute Gasteiger partial charge is 0.372 e. The van der Waals surface area contributed by atoms with Gasteiger partial charge in [-0.3, -0.25) is 0 Å². The van der Waals surface area contributed by atoms with E-state index in [1.54, 1.807) is 0 Å². The zero-order chi connectivity index (χ0) is 102. The summed E-state index contributed by atoms with van der Waals surface area (Å²) in [6, 6.07) is 108. The Bertz CT molecular complexity index is 5530. The number of hydrogen-bond donors (Lipinski definition) is 4. The Balaban J connectivity index is 0.000000184. The van der Waals surface area contributed by atoms with Gasteiger partial charge in [-0.25, -0.2) is 20.0 Å². The predicted octanol–water partition coefficient (Wildman–Crippen LogP) is 24.5. The summed E-state index contributed by atoms with van der Waals surface area (Å²) in [5.74, 6) is 0. The van der Waals surface area contributed by atoms with Gasteiger partial charge in [0.15, 0.2) is 0 Å². The van der Waals surface area contributed by atoms with Crippen LogP contribution in [0, 0.1) is 0 Å². The van der Waals surface area contributed by atoms with E-state index in [2.05, 4.69) is 537 Å². The molecule has 0 amide bonds. The number of hydrogen-bond acceptors (Lipinski definition) is 8. The molecule has 16 rings (SSSR count). The highest BCUT2D eigenvalue weighted by molar-refractivity contribution is 6.21. The van der Waals surface area contributed by atoms with Gasteiger partial charge in [0.2, 0.25) is 22.8 Å². The van der Waals surface area contributed by atoms with Crippen LogP contribution in [-0.4, -0.2) is 154 Å². The molecule has 4 aliphatic rings. The van der Waals surface area contributed by atoms with Gasteiger partial charge in [-0.15, -0.1) is 0 Å². The van der Waals surface area contributed by atoms with E-state index in [0.29, 0.717) is 0 Å². The highest BCUT2D eigenvalue weighted by atomic mass is 15.1. The van der Waals surface area contributed by atoms with Gasteiger partial charge >= 0.3 is 0 Å². The molecule has 0 aliphatic heterocycles. The molecule has 0 fully saturated rings. The highest BCUT2D eigenvalue weighted by Crippen LogP contribution is 2.44. The molecular weight excluding hydrogens is 1780 g/mol. The first kappa shape index (κ1) is 112. The van der Waals surface area contributed by atoms with Crippen LogP contribution in [0.2, 0.25) is 0 Å². The number of nitrogens with zero attached hydrogens (tertiary/aromatic N) is 8. The standard InChI is InChI=1S/4C33H39N3.2CH4/c4*1-6-34-32-24-23-31(29-13-11-12-14-30(29)32)33(25-15-19-27(20-16-25)35(7-2)8-3)26-17-21-28(22-18-26)36(9-4)10-5;;/h4*11-24H,6-10H2,1-5H3;2*1H4/p+4. The lowest BCUT2D eigenvalue weighted by Crippen LogP contribution is -2.72. The summed E-state index contributed by atoms with van der Waals surface area (Å²) in [5, 5.41) is 0. The van der Waals surface area contributed by atoms with Crippen molar-refractivity contribution in [3.8, 4) is 0 Å². The van der Waals surface area contributed by atoms with Crippen molar-refractivity contribution in [2.45, 2.75) is 153 Å². The van der Waals surface area contributed by atoms with Crippen LogP contribution in [0.15, 0.2) is 340 Å². The first-order valence-electron chi connectivity index (χ1n) is 53.9. The SMILES string of the molecule is C.C.CC[NH+]=C1C=CC(=C(c2ccc(N(CC)CC)cc2)c2ccc(N(CC)CC)cc2)c2ccccc21.CC[NH+]=C1C=CC(=C(c2ccc(N(CC)CC)cc2)c2ccc(N(CC)CC)cc2)c2ccccc21.CC[NH+]=C1C=CC(=C(c2ccc(N(CC)CC)cc2)c2ccc(N(CC)CC)cc2)c2ccccc21.CC[NH+]=C1C=CC(=C(c2ccc(N(CC)CC)cc2)c2ccc(N(CC)CC)cc2)c2ccccc21. The monoisotopic (exact) mass is 1950 g/mol. The second-order valence-corrected chi connectivity index (χ2v) is 36.2. The van der Waals surface area contributed by atoms with Crippen LogP contribution in [0.3, 0.4) is 0 Å². The van der Waals surface area contributed by atoms with E-state index in [1.165, 1.54) is 202 Å². The zero-order valence-corrected chi connectivity index (χ0v) is 90.1. The molecule has 4 N–H and O–H groups in total. The van der Waals surface area contributed by atoms with Crippen LogP contribution in [-0.2, 0) is 0 Å². The number of rotatable bonds is 36. The molecule has 0 unspecified atom stereocenters. The molecule has 0 aromatic heterocycles. The van der Waals surface area contributed by atoms with Crippen molar-refractivity contribution >= 4 is 113 Å². The second kappa shape index (κ2) is 56.2. The van der Waals surface area contributed by atoms with E-state index in [0.717, 1.165) is 131 Å². The van der Waals surface area contributed by atoms with Crippen molar-refractivity contribution in [3.05, 3.63) is 429 Å². The minimum atomic E-state index is 0. The Morgan fingerprint density at radius 1 is 0.151 bits per heavy atom. The molecule has 0 heterocycles. The Morgan fingerprint density at radius 2 is 0.267 bits per heavy atom. The van der Waals surface area contributed by atoms with Crippen LogP contribution in [0.25, 0.3) is 44.6 Å². The zero-order valence-electron chi connectivity index (χ0n) is 90.1. The van der Waals surface area contributed by atoms with Gasteiger partial charge in [-0.05, 0) is 395 Å². The van der Waals surface area contributed by atoms with Gasteiger partial charge in [-0.2, -0.15) is 0 Å². The van der Waals surface area contributed by atoms with Crippen LogP contribution < -0.4 is 59.2 Å². The minimum absolute atomic E-state index is 0. The van der Waals surface area contributed by atoms with Crippen LogP contribution in [0.4, 0.5) is 45.5 Å². The van der Waals surface area contributed by atoms with Crippen LogP contribution >= 0.6 is 0 Å². The maximum atomic E-state index is 3.54. The molecule has 0 radical (unpaired) electrons. The molecular formula is C134H168N12+4. The summed E-state index contributed by atoms with van der Waals surface area (Å²) < 4.78 is 0. The van der Waals surface area contributed by atoms with Crippen molar-refractivity contribution < 1.29 is 20.0 Å². The molecule has 4 aliphatic carbocycles. The van der Waals surface area contributed by atoms with Gasteiger partial charge in [0.05, 0.1) is 22.3 Å². The van der Waals surface area contributed by atoms with Gasteiger partial charge < -0.3 is 39.2 Å². The average Bonchev–Trinajstić information content (AvgIpc) is 0.778. The Morgan fingerprint density at radius 3 is 0.377 bits per heavy atom. The fourth-order valence-corrected chi connectivity index (χ4v) is 20.8. The summed E-state index contributed by atoms with van der Waals surface area (Å²) in [6.07, 6.45) is 18.1. The number of nitrogens with one attached hydrogen (secondary N) is 4. The quantitative estimate of drug-likeness (QED) is 0.0309. The van der Waals surface area contributed by atoms with E-state index >= 15 is 0 Å². The molecule has 0 bridgehead atoms. The van der Waals surface area contributed by atoms with E-state index in [-0.39, 0.29) is 14.9 Å². The van der Waals surface area contributed by atoms with Gasteiger partial charge in [0.1, 0.15) is 26.2 Å². The Hall–Kier alpha value is -14.4. The van der Waals surface area contributed by atoms with Crippen molar-refractivity contribution in [3.63, 3.8) is 0 Å². The van der Waals surface area contributed by atoms with Crippen LogP contribution in [0.5, 0.6) is 0 Å². The fraction of sp³-hybridized carbons (Fsp3) is 0.313. The molecule has 12 aromatic carbocycles. The summed E-state index contributed by atoms with van der Waals surface area (Å²) in [7, 11) is 0. The lowest BCUT2D eigenvalue weighted by atomic mass is 9.83. The molecule has 0 atom stereocenters. The Kier molecular flexibility index (Phi) is 43.1. The van der Waals surface area contributed by atoms with Gasteiger partial charge in [0, 0.05) is 175 Å². The molecule has 12 heteroatoms.